The van der Waals surface area contributed by atoms with E-state index in [4.69, 9.17) is 4.74 Å². The number of carbonyl (C=O) groups excluding carboxylic acids is 2. The molecule has 6 heteroatoms. The number of hydrogen-bond donors (Lipinski definition) is 1. The lowest BCUT2D eigenvalue weighted by molar-refractivity contribution is -0.117. The van der Waals surface area contributed by atoms with Crippen LogP contribution in [0.4, 0.5) is 27.5 Å². The number of nitrogens with one attached hydrogen (secondary N) is 1. The highest BCUT2D eigenvalue weighted by Crippen LogP contribution is 2.35. The predicted molar refractivity (Wildman–Crippen MR) is 144 cm³/mol. The van der Waals surface area contributed by atoms with Crippen molar-refractivity contribution in [2.45, 2.75) is 45.1 Å². The normalized spacial score (nSPS) is 17.4. The molecule has 5 rings (SSSR count). The van der Waals surface area contributed by atoms with Gasteiger partial charge < -0.3 is 14.5 Å². The van der Waals surface area contributed by atoms with Gasteiger partial charge in [-0.3, -0.25) is 10.1 Å². The molecule has 0 spiro atoms. The third-order valence-corrected chi connectivity index (χ3v) is 6.84. The van der Waals surface area contributed by atoms with Crippen LogP contribution in [0.15, 0.2) is 78.9 Å². The lowest BCUT2D eigenvalue weighted by Crippen LogP contribution is -2.28. The van der Waals surface area contributed by atoms with Gasteiger partial charge in [0.25, 0.3) is 0 Å². The van der Waals surface area contributed by atoms with Crippen molar-refractivity contribution in [2.24, 2.45) is 5.92 Å². The molecule has 0 aromatic heterocycles. The van der Waals surface area contributed by atoms with Crippen LogP contribution in [0, 0.1) is 5.92 Å². The summed E-state index contributed by atoms with van der Waals surface area (Å²) < 4.78 is 5.62. The monoisotopic (exact) mass is 483 g/mol. The molecule has 2 aliphatic rings. The van der Waals surface area contributed by atoms with Gasteiger partial charge in [0, 0.05) is 29.3 Å². The van der Waals surface area contributed by atoms with Gasteiger partial charge in [0.2, 0.25) is 5.91 Å². The molecule has 186 valence electrons. The summed E-state index contributed by atoms with van der Waals surface area (Å²) in [5.74, 6) is 1.00. The number of anilines is 4. The first kappa shape index (κ1) is 23.9. The van der Waals surface area contributed by atoms with E-state index >= 15 is 0 Å². The molecule has 1 saturated carbocycles. The largest absolute Gasteiger partial charge is 0.444 e. The summed E-state index contributed by atoms with van der Waals surface area (Å²) >= 11 is 0. The molecular formula is C30H33N3O3. The number of para-hydroxylation sites is 2. The fourth-order valence-electron chi connectivity index (χ4n) is 4.76. The van der Waals surface area contributed by atoms with Gasteiger partial charge in [0.15, 0.2) is 0 Å². The van der Waals surface area contributed by atoms with E-state index in [2.05, 4.69) is 48.3 Å². The van der Waals surface area contributed by atoms with Crippen molar-refractivity contribution in [3.8, 4) is 0 Å². The highest BCUT2D eigenvalue weighted by atomic mass is 16.6. The van der Waals surface area contributed by atoms with E-state index in [9.17, 15) is 9.59 Å². The zero-order valence-corrected chi connectivity index (χ0v) is 20.9. The fraction of sp³-hybridized carbons (Fsp3) is 0.333. The molecule has 36 heavy (non-hydrogen) atoms. The molecule has 1 unspecified atom stereocenters. The Balaban J connectivity index is 1.20. The van der Waals surface area contributed by atoms with E-state index in [1.54, 1.807) is 4.90 Å². The van der Waals surface area contributed by atoms with Gasteiger partial charge in [-0.25, -0.2) is 4.79 Å². The quantitative estimate of drug-likeness (QED) is 0.387. The summed E-state index contributed by atoms with van der Waals surface area (Å²) in [7, 11) is 0. The third kappa shape index (κ3) is 5.54. The summed E-state index contributed by atoms with van der Waals surface area (Å²) in [4.78, 5) is 29.4. The van der Waals surface area contributed by atoms with E-state index in [1.807, 2.05) is 54.6 Å². The van der Waals surface area contributed by atoms with Crippen molar-refractivity contribution >= 4 is 34.7 Å². The van der Waals surface area contributed by atoms with Crippen LogP contribution in [-0.2, 0) is 9.53 Å². The Hall–Kier alpha value is -3.80. The molecule has 2 fully saturated rings. The SMILES string of the molecule is CC(C)c1ccccc1N1CC(OC(=O)Nc2ccc(N(CC3CC3)c3ccccc3)cc2)CC1=O. The van der Waals surface area contributed by atoms with Gasteiger partial charge >= 0.3 is 6.09 Å². The Bertz CT molecular complexity index is 1210. The molecule has 1 saturated heterocycles. The van der Waals surface area contributed by atoms with Crippen LogP contribution in [0.25, 0.3) is 0 Å². The van der Waals surface area contributed by atoms with Crippen molar-refractivity contribution in [1.82, 2.24) is 0 Å². The molecule has 0 radical (unpaired) electrons. The number of carbonyl (C=O) groups is 2. The lowest BCUT2D eigenvalue weighted by atomic mass is 10.0. The van der Waals surface area contributed by atoms with Crippen molar-refractivity contribution in [3.63, 3.8) is 0 Å². The molecule has 1 heterocycles. The maximum absolute atomic E-state index is 12.7. The molecule has 1 aliphatic heterocycles. The third-order valence-electron chi connectivity index (χ3n) is 6.84. The van der Waals surface area contributed by atoms with E-state index in [-0.39, 0.29) is 12.3 Å². The average molecular weight is 484 g/mol. The molecule has 2 amide bonds. The summed E-state index contributed by atoms with van der Waals surface area (Å²) in [6, 6.07) is 26.1. The minimum atomic E-state index is -0.544. The van der Waals surface area contributed by atoms with Crippen LogP contribution in [0.5, 0.6) is 0 Å². The number of rotatable bonds is 8. The van der Waals surface area contributed by atoms with Gasteiger partial charge in [0.05, 0.1) is 13.0 Å². The maximum Gasteiger partial charge on any atom is 0.411 e. The second-order valence-corrected chi connectivity index (χ2v) is 10.0. The molecule has 1 aliphatic carbocycles. The van der Waals surface area contributed by atoms with Crippen LogP contribution < -0.4 is 15.1 Å². The Labute approximate surface area is 212 Å². The van der Waals surface area contributed by atoms with Crippen LogP contribution in [0.1, 0.15) is 44.6 Å². The average Bonchev–Trinajstić information content (AvgIpc) is 3.64. The van der Waals surface area contributed by atoms with Crippen molar-refractivity contribution < 1.29 is 14.3 Å². The van der Waals surface area contributed by atoms with Crippen molar-refractivity contribution in [2.75, 3.05) is 28.2 Å². The van der Waals surface area contributed by atoms with E-state index in [1.165, 1.54) is 18.5 Å². The van der Waals surface area contributed by atoms with Gasteiger partial charge in [0.1, 0.15) is 6.10 Å². The molecule has 0 bridgehead atoms. The molecule has 6 nitrogen and oxygen atoms in total. The zero-order chi connectivity index (χ0) is 25.1. The number of ether oxygens (including phenoxy) is 1. The number of nitrogens with zero attached hydrogens (tertiary/aromatic N) is 2. The smallest absolute Gasteiger partial charge is 0.411 e. The standard InChI is InChI=1S/C30H33N3O3/c1-21(2)27-10-6-7-11-28(27)33-20-26(18-29(33)34)36-30(35)31-23-14-16-25(17-15-23)32(19-22-12-13-22)24-8-4-3-5-9-24/h3-11,14-17,21-22,26H,12-13,18-20H2,1-2H3,(H,31,35). The molecular weight excluding hydrogens is 450 g/mol. The minimum Gasteiger partial charge on any atom is -0.444 e. The van der Waals surface area contributed by atoms with E-state index in [0.29, 0.717) is 18.2 Å². The highest BCUT2D eigenvalue weighted by molar-refractivity contribution is 5.97. The predicted octanol–water partition coefficient (Wildman–Crippen LogP) is 6.71. The first-order chi connectivity index (χ1) is 17.5. The molecule has 3 aromatic carbocycles. The number of benzene rings is 3. The number of amides is 2. The van der Waals surface area contributed by atoms with Crippen LogP contribution in [0.3, 0.4) is 0 Å². The molecule has 3 aromatic rings. The van der Waals surface area contributed by atoms with Gasteiger partial charge in [-0.05, 0) is 72.7 Å². The maximum atomic E-state index is 12.7. The van der Waals surface area contributed by atoms with Crippen LogP contribution in [0.2, 0.25) is 0 Å². The second-order valence-electron chi connectivity index (χ2n) is 10.0. The fourth-order valence-corrected chi connectivity index (χ4v) is 4.76. The Morgan fingerprint density at radius 3 is 2.33 bits per heavy atom. The van der Waals surface area contributed by atoms with E-state index < -0.39 is 12.2 Å². The summed E-state index contributed by atoms with van der Waals surface area (Å²) in [6.45, 7) is 5.57. The Morgan fingerprint density at radius 2 is 1.64 bits per heavy atom. The highest BCUT2D eigenvalue weighted by Gasteiger charge is 2.34. The summed E-state index contributed by atoms with van der Waals surface area (Å²) in [5, 5.41) is 2.82. The lowest BCUT2D eigenvalue weighted by Gasteiger charge is -2.25. The molecule has 1 atom stereocenters. The van der Waals surface area contributed by atoms with E-state index in [0.717, 1.165) is 29.4 Å². The topological polar surface area (TPSA) is 61.9 Å². The second kappa shape index (κ2) is 10.4. The van der Waals surface area contributed by atoms with Crippen LogP contribution >= 0.6 is 0 Å². The number of hydrogen-bond acceptors (Lipinski definition) is 4. The van der Waals surface area contributed by atoms with Gasteiger partial charge in [-0.2, -0.15) is 0 Å². The summed E-state index contributed by atoms with van der Waals surface area (Å²) in [5.41, 5.74) is 4.93. The van der Waals surface area contributed by atoms with Gasteiger partial charge in [-0.15, -0.1) is 0 Å². The first-order valence-electron chi connectivity index (χ1n) is 12.8. The Morgan fingerprint density at radius 1 is 0.972 bits per heavy atom. The van der Waals surface area contributed by atoms with Gasteiger partial charge in [-0.1, -0.05) is 50.2 Å². The van der Waals surface area contributed by atoms with Crippen LogP contribution in [-0.4, -0.2) is 31.2 Å². The van der Waals surface area contributed by atoms with Crippen molar-refractivity contribution in [1.29, 1.82) is 0 Å². The molecule has 1 N–H and O–H groups in total. The Kier molecular flexibility index (Phi) is 6.94. The zero-order valence-electron chi connectivity index (χ0n) is 20.9. The minimum absolute atomic E-state index is 0.0260. The van der Waals surface area contributed by atoms with Crippen molar-refractivity contribution in [3.05, 3.63) is 84.4 Å². The first-order valence-corrected chi connectivity index (χ1v) is 12.8. The summed E-state index contributed by atoms with van der Waals surface area (Å²) in [6.07, 6.45) is 1.71.